The van der Waals surface area contributed by atoms with Crippen LogP contribution >= 0.6 is 0 Å². The number of ether oxygens (including phenoxy) is 1. The van der Waals surface area contributed by atoms with Crippen molar-refractivity contribution >= 4 is 22.6 Å². The highest BCUT2D eigenvalue weighted by atomic mass is 16.5. The van der Waals surface area contributed by atoms with E-state index in [9.17, 15) is 4.79 Å². The number of aromatic nitrogens is 3. The summed E-state index contributed by atoms with van der Waals surface area (Å²) in [6, 6.07) is 8.77. The van der Waals surface area contributed by atoms with Crippen LogP contribution in [0.4, 0.5) is 5.69 Å². The molecule has 0 aliphatic carbocycles. The molecule has 0 unspecified atom stereocenters. The van der Waals surface area contributed by atoms with Crippen LogP contribution in [0.5, 0.6) is 5.75 Å². The van der Waals surface area contributed by atoms with Crippen molar-refractivity contribution in [3.8, 4) is 5.75 Å². The van der Waals surface area contributed by atoms with Gasteiger partial charge in [-0.1, -0.05) is 0 Å². The third-order valence-electron chi connectivity index (χ3n) is 3.21. The summed E-state index contributed by atoms with van der Waals surface area (Å²) in [5.74, 6) is 0.517. The fraction of sp³-hybridized carbons (Fsp3) is 0.133. The lowest BCUT2D eigenvalue weighted by Gasteiger charge is -2.06. The Kier molecular flexibility index (Phi) is 3.27. The summed E-state index contributed by atoms with van der Waals surface area (Å²) in [5.41, 5.74) is 2.74. The number of rotatable bonds is 3. The van der Waals surface area contributed by atoms with E-state index in [4.69, 9.17) is 4.74 Å². The van der Waals surface area contributed by atoms with Crippen LogP contribution in [0.15, 0.2) is 36.5 Å². The summed E-state index contributed by atoms with van der Waals surface area (Å²) in [6.07, 6.45) is 1.59. The van der Waals surface area contributed by atoms with Crippen molar-refractivity contribution < 1.29 is 9.53 Å². The minimum Gasteiger partial charge on any atom is -0.497 e. The van der Waals surface area contributed by atoms with Crippen molar-refractivity contribution in [2.24, 2.45) is 0 Å². The number of hydrogen-bond donors (Lipinski definition) is 2. The van der Waals surface area contributed by atoms with Crippen LogP contribution in [0.1, 0.15) is 16.1 Å². The van der Waals surface area contributed by atoms with Crippen LogP contribution in [-0.2, 0) is 0 Å². The molecule has 2 N–H and O–H groups in total. The highest BCUT2D eigenvalue weighted by Gasteiger charge is 2.09. The van der Waals surface area contributed by atoms with Crippen LogP contribution in [0.3, 0.4) is 0 Å². The zero-order valence-electron chi connectivity index (χ0n) is 11.7. The van der Waals surface area contributed by atoms with Crippen LogP contribution in [-0.4, -0.2) is 28.2 Å². The number of benzene rings is 1. The fourth-order valence-electron chi connectivity index (χ4n) is 2.03. The number of carbonyl (C=O) groups is 1. The Balaban J connectivity index is 1.83. The Morgan fingerprint density at radius 3 is 2.76 bits per heavy atom. The third-order valence-corrected chi connectivity index (χ3v) is 3.21. The Hall–Kier alpha value is -2.89. The number of H-pyrrole nitrogens is 1. The summed E-state index contributed by atoms with van der Waals surface area (Å²) in [6.45, 7) is 1.91. The number of anilines is 1. The molecule has 0 aliphatic heterocycles. The molecule has 0 saturated carbocycles. The Labute approximate surface area is 121 Å². The maximum Gasteiger partial charge on any atom is 0.255 e. The minimum absolute atomic E-state index is 0.194. The lowest BCUT2D eigenvalue weighted by Crippen LogP contribution is -2.11. The van der Waals surface area contributed by atoms with E-state index in [1.807, 2.05) is 13.0 Å². The van der Waals surface area contributed by atoms with Crippen LogP contribution in [0.25, 0.3) is 11.0 Å². The molecule has 0 fully saturated rings. The van der Waals surface area contributed by atoms with Gasteiger partial charge in [0.2, 0.25) is 0 Å². The number of hydrogen-bond acceptors (Lipinski definition) is 4. The molecule has 106 valence electrons. The molecular weight excluding hydrogens is 268 g/mol. The van der Waals surface area contributed by atoms with Crippen molar-refractivity contribution in [1.29, 1.82) is 0 Å². The molecule has 0 radical (unpaired) electrons. The second kappa shape index (κ2) is 5.24. The summed E-state index contributed by atoms with van der Waals surface area (Å²) < 4.78 is 5.07. The van der Waals surface area contributed by atoms with Gasteiger partial charge in [0.15, 0.2) is 5.65 Å². The van der Waals surface area contributed by atoms with E-state index in [1.54, 1.807) is 37.6 Å². The van der Waals surface area contributed by atoms with E-state index in [0.717, 1.165) is 11.1 Å². The molecule has 0 aliphatic rings. The first-order valence-electron chi connectivity index (χ1n) is 6.43. The van der Waals surface area contributed by atoms with Gasteiger partial charge >= 0.3 is 0 Å². The highest BCUT2D eigenvalue weighted by molar-refractivity contribution is 6.04. The van der Waals surface area contributed by atoms with Gasteiger partial charge in [-0.05, 0) is 37.3 Å². The van der Waals surface area contributed by atoms with Gasteiger partial charge in [-0.15, -0.1) is 0 Å². The summed E-state index contributed by atoms with van der Waals surface area (Å²) in [5, 5.41) is 10.6. The van der Waals surface area contributed by atoms with E-state index in [-0.39, 0.29) is 5.91 Å². The number of fused-ring (bicyclic) bond motifs is 1. The number of pyridine rings is 1. The van der Waals surface area contributed by atoms with Crippen molar-refractivity contribution in [2.75, 3.05) is 12.4 Å². The normalized spacial score (nSPS) is 10.6. The molecule has 3 rings (SSSR count). The standard InChI is InChI=1S/C15H14N4O2/c1-9-13-7-11(8-16-14(13)19-18-9)17-15(20)10-3-5-12(21-2)6-4-10/h3-8H,1-2H3,(H,17,20)(H,16,18,19). The van der Waals surface area contributed by atoms with E-state index in [2.05, 4.69) is 20.5 Å². The predicted octanol–water partition coefficient (Wildman–Crippen LogP) is 2.53. The largest absolute Gasteiger partial charge is 0.497 e. The van der Waals surface area contributed by atoms with Gasteiger partial charge in [-0.2, -0.15) is 5.10 Å². The molecule has 6 heteroatoms. The monoisotopic (exact) mass is 282 g/mol. The van der Waals surface area contributed by atoms with Crippen LogP contribution in [0, 0.1) is 6.92 Å². The summed E-state index contributed by atoms with van der Waals surface area (Å²) in [7, 11) is 1.59. The molecule has 0 spiro atoms. The van der Waals surface area contributed by atoms with Crippen molar-refractivity contribution in [1.82, 2.24) is 15.2 Å². The van der Waals surface area contributed by atoms with Crippen LogP contribution < -0.4 is 10.1 Å². The third kappa shape index (κ3) is 2.55. The van der Waals surface area contributed by atoms with E-state index in [1.165, 1.54) is 0 Å². The predicted molar refractivity (Wildman–Crippen MR) is 79.6 cm³/mol. The number of aromatic amines is 1. The zero-order valence-corrected chi connectivity index (χ0v) is 11.7. The first kappa shape index (κ1) is 13.1. The first-order chi connectivity index (χ1) is 10.2. The van der Waals surface area contributed by atoms with Gasteiger partial charge in [0.05, 0.1) is 19.0 Å². The number of aryl methyl sites for hydroxylation is 1. The molecule has 0 saturated heterocycles. The molecule has 2 heterocycles. The number of amides is 1. The number of nitrogens with one attached hydrogen (secondary N) is 2. The number of methoxy groups -OCH3 is 1. The smallest absolute Gasteiger partial charge is 0.255 e. The zero-order chi connectivity index (χ0) is 14.8. The fourth-order valence-corrected chi connectivity index (χ4v) is 2.03. The maximum absolute atomic E-state index is 12.2. The maximum atomic E-state index is 12.2. The molecule has 6 nitrogen and oxygen atoms in total. The Morgan fingerprint density at radius 2 is 2.05 bits per heavy atom. The topological polar surface area (TPSA) is 79.9 Å². The van der Waals surface area contributed by atoms with Crippen molar-refractivity contribution in [2.45, 2.75) is 6.92 Å². The van der Waals surface area contributed by atoms with Gasteiger partial charge in [0.25, 0.3) is 5.91 Å². The Morgan fingerprint density at radius 1 is 1.29 bits per heavy atom. The first-order valence-corrected chi connectivity index (χ1v) is 6.43. The molecular formula is C15H14N4O2. The van der Waals surface area contributed by atoms with E-state index < -0.39 is 0 Å². The van der Waals surface area contributed by atoms with Crippen molar-refractivity contribution in [3.63, 3.8) is 0 Å². The van der Waals surface area contributed by atoms with Gasteiger partial charge in [-0.25, -0.2) is 4.98 Å². The molecule has 21 heavy (non-hydrogen) atoms. The second-order valence-electron chi connectivity index (χ2n) is 4.63. The lowest BCUT2D eigenvalue weighted by atomic mass is 10.2. The highest BCUT2D eigenvalue weighted by Crippen LogP contribution is 2.18. The van der Waals surface area contributed by atoms with Crippen LogP contribution in [0.2, 0.25) is 0 Å². The van der Waals surface area contributed by atoms with Gasteiger partial charge in [0, 0.05) is 16.6 Å². The van der Waals surface area contributed by atoms with Gasteiger partial charge in [-0.3, -0.25) is 9.89 Å². The van der Waals surface area contributed by atoms with E-state index >= 15 is 0 Å². The summed E-state index contributed by atoms with van der Waals surface area (Å²) in [4.78, 5) is 16.4. The SMILES string of the molecule is COc1ccc(C(=O)Nc2cnc3n[nH]c(C)c3c2)cc1. The summed E-state index contributed by atoms with van der Waals surface area (Å²) >= 11 is 0. The van der Waals surface area contributed by atoms with E-state index in [0.29, 0.717) is 22.6 Å². The molecule has 0 atom stereocenters. The Bertz CT molecular complexity index is 793. The average molecular weight is 282 g/mol. The molecule has 0 bridgehead atoms. The molecule has 1 amide bonds. The molecule has 1 aromatic carbocycles. The minimum atomic E-state index is -0.194. The second-order valence-corrected chi connectivity index (χ2v) is 4.63. The number of nitrogens with zero attached hydrogens (tertiary/aromatic N) is 2. The van der Waals surface area contributed by atoms with Gasteiger partial charge < -0.3 is 10.1 Å². The van der Waals surface area contributed by atoms with Gasteiger partial charge in [0.1, 0.15) is 5.75 Å². The average Bonchev–Trinajstić information content (AvgIpc) is 2.88. The lowest BCUT2D eigenvalue weighted by molar-refractivity contribution is 0.102. The quantitative estimate of drug-likeness (QED) is 0.773. The van der Waals surface area contributed by atoms with Crippen molar-refractivity contribution in [3.05, 3.63) is 47.8 Å². The molecule has 2 aromatic heterocycles. The molecule has 3 aromatic rings. The number of carbonyl (C=O) groups excluding carboxylic acids is 1.